The van der Waals surface area contributed by atoms with Crippen molar-refractivity contribution in [2.75, 3.05) is 17.2 Å². The third kappa shape index (κ3) is 1.78. The molecule has 0 bridgehead atoms. The van der Waals surface area contributed by atoms with E-state index in [1.807, 2.05) is 32.2 Å². The van der Waals surface area contributed by atoms with Crippen LogP contribution >= 0.6 is 0 Å². The molecule has 0 radical (unpaired) electrons. The normalized spacial score (nSPS) is 13.7. The van der Waals surface area contributed by atoms with E-state index in [4.69, 9.17) is 5.73 Å². The fourth-order valence-electron chi connectivity index (χ4n) is 2.49. The number of rotatable bonds is 1. The van der Waals surface area contributed by atoms with Gasteiger partial charge in [0, 0.05) is 30.7 Å². The number of nitrogens with two attached hydrogens (primary N) is 1. The molecule has 1 amide bonds. The molecule has 5 heteroatoms. The van der Waals surface area contributed by atoms with Crippen LogP contribution in [0.5, 0.6) is 0 Å². The minimum Gasteiger partial charge on any atom is -0.399 e. The van der Waals surface area contributed by atoms with Gasteiger partial charge in [0.15, 0.2) is 0 Å². The fraction of sp³-hybridized carbons (Fsp3) is 0.286. The van der Waals surface area contributed by atoms with Crippen LogP contribution in [0.4, 0.5) is 11.4 Å². The van der Waals surface area contributed by atoms with Crippen molar-refractivity contribution in [1.29, 1.82) is 0 Å². The van der Waals surface area contributed by atoms with E-state index >= 15 is 0 Å². The monoisotopic (exact) mass is 256 g/mol. The van der Waals surface area contributed by atoms with Gasteiger partial charge >= 0.3 is 0 Å². The third-order valence-electron chi connectivity index (χ3n) is 3.71. The average molecular weight is 256 g/mol. The Morgan fingerprint density at radius 2 is 2.21 bits per heavy atom. The smallest absolute Gasteiger partial charge is 0.261 e. The highest BCUT2D eigenvalue weighted by molar-refractivity contribution is 6.07. The van der Waals surface area contributed by atoms with Gasteiger partial charge in [-0.25, -0.2) is 0 Å². The largest absolute Gasteiger partial charge is 0.399 e. The first-order valence-corrected chi connectivity index (χ1v) is 6.27. The second kappa shape index (κ2) is 4.12. The molecule has 1 aromatic carbocycles. The SMILES string of the molecule is Cc1c(C(=O)N2CCc3cc(N)ccc32)cnn1C. The highest BCUT2D eigenvalue weighted by Crippen LogP contribution is 2.31. The summed E-state index contributed by atoms with van der Waals surface area (Å²) in [5, 5.41) is 4.13. The average Bonchev–Trinajstić information content (AvgIpc) is 2.94. The molecule has 2 N–H and O–H groups in total. The molecular formula is C14H16N4O. The highest BCUT2D eigenvalue weighted by atomic mass is 16.2. The first kappa shape index (κ1) is 11.8. The van der Waals surface area contributed by atoms with Gasteiger partial charge in [0.05, 0.1) is 11.8 Å². The van der Waals surface area contributed by atoms with Crippen molar-refractivity contribution in [3.05, 3.63) is 41.2 Å². The quantitative estimate of drug-likeness (QED) is 0.787. The van der Waals surface area contributed by atoms with Gasteiger partial charge in [-0.1, -0.05) is 0 Å². The van der Waals surface area contributed by atoms with Crippen molar-refractivity contribution in [3.63, 3.8) is 0 Å². The van der Waals surface area contributed by atoms with Crippen molar-refractivity contribution in [2.24, 2.45) is 7.05 Å². The number of aryl methyl sites for hydroxylation is 1. The maximum Gasteiger partial charge on any atom is 0.261 e. The second-order valence-electron chi connectivity index (χ2n) is 4.86. The first-order valence-electron chi connectivity index (χ1n) is 6.27. The van der Waals surface area contributed by atoms with Crippen LogP contribution in [0.25, 0.3) is 0 Å². The Balaban J connectivity index is 1.98. The lowest BCUT2D eigenvalue weighted by Gasteiger charge is -2.17. The predicted molar refractivity (Wildman–Crippen MR) is 74.2 cm³/mol. The van der Waals surface area contributed by atoms with Crippen molar-refractivity contribution in [1.82, 2.24) is 9.78 Å². The third-order valence-corrected chi connectivity index (χ3v) is 3.71. The summed E-state index contributed by atoms with van der Waals surface area (Å²) in [5.41, 5.74) is 10.2. The maximum absolute atomic E-state index is 12.6. The first-order chi connectivity index (χ1) is 9.08. The molecule has 3 rings (SSSR count). The van der Waals surface area contributed by atoms with Crippen LogP contribution in [-0.4, -0.2) is 22.2 Å². The summed E-state index contributed by atoms with van der Waals surface area (Å²) in [5.74, 6) is 0.00845. The molecule has 19 heavy (non-hydrogen) atoms. The van der Waals surface area contributed by atoms with Crippen LogP contribution in [-0.2, 0) is 13.5 Å². The summed E-state index contributed by atoms with van der Waals surface area (Å²) in [6, 6.07) is 5.69. The number of carbonyl (C=O) groups is 1. The van der Waals surface area contributed by atoms with Crippen LogP contribution in [0.15, 0.2) is 24.4 Å². The molecule has 0 saturated carbocycles. The molecule has 2 aromatic rings. The molecule has 5 nitrogen and oxygen atoms in total. The van der Waals surface area contributed by atoms with Crippen molar-refractivity contribution in [2.45, 2.75) is 13.3 Å². The summed E-state index contributed by atoms with van der Waals surface area (Å²) in [4.78, 5) is 14.4. The van der Waals surface area contributed by atoms with E-state index in [2.05, 4.69) is 5.10 Å². The Morgan fingerprint density at radius 1 is 1.42 bits per heavy atom. The zero-order chi connectivity index (χ0) is 13.6. The maximum atomic E-state index is 12.6. The number of amides is 1. The van der Waals surface area contributed by atoms with E-state index in [9.17, 15) is 4.79 Å². The van der Waals surface area contributed by atoms with Crippen LogP contribution in [0, 0.1) is 6.92 Å². The number of fused-ring (bicyclic) bond motifs is 1. The number of aromatic nitrogens is 2. The van der Waals surface area contributed by atoms with E-state index in [-0.39, 0.29) is 5.91 Å². The number of benzene rings is 1. The number of hydrogen-bond donors (Lipinski definition) is 1. The second-order valence-corrected chi connectivity index (χ2v) is 4.86. The molecule has 0 saturated heterocycles. The van der Waals surface area contributed by atoms with E-state index < -0.39 is 0 Å². The number of carbonyl (C=O) groups excluding carboxylic acids is 1. The van der Waals surface area contributed by atoms with Gasteiger partial charge in [-0.15, -0.1) is 0 Å². The van der Waals surface area contributed by atoms with Gasteiger partial charge < -0.3 is 10.6 Å². The molecule has 0 atom stereocenters. The van der Waals surface area contributed by atoms with Gasteiger partial charge in [0.2, 0.25) is 0 Å². The number of nitrogens with zero attached hydrogens (tertiary/aromatic N) is 3. The zero-order valence-electron chi connectivity index (χ0n) is 11.1. The summed E-state index contributed by atoms with van der Waals surface area (Å²) in [6.07, 6.45) is 2.48. The lowest BCUT2D eigenvalue weighted by Crippen LogP contribution is -2.29. The van der Waals surface area contributed by atoms with Gasteiger partial charge in [-0.3, -0.25) is 9.48 Å². The van der Waals surface area contributed by atoms with Crippen LogP contribution in [0.1, 0.15) is 21.6 Å². The van der Waals surface area contributed by atoms with Crippen molar-refractivity contribution in [3.8, 4) is 0 Å². The Hall–Kier alpha value is -2.30. The number of hydrogen-bond acceptors (Lipinski definition) is 3. The lowest BCUT2D eigenvalue weighted by molar-refractivity contribution is 0.0988. The molecule has 1 aliphatic rings. The van der Waals surface area contributed by atoms with Gasteiger partial charge in [0.25, 0.3) is 5.91 Å². The van der Waals surface area contributed by atoms with Gasteiger partial charge in [-0.2, -0.15) is 5.10 Å². The Labute approximate surface area is 111 Å². The lowest BCUT2D eigenvalue weighted by atomic mass is 10.1. The summed E-state index contributed by atoms with van der Waals surface area (Å²) >= 11 is 0. The van der Waals surface area contributed by atoms with Crippen LogP contribution < -0.4 is 10.6 Å². The molecule has 0 fully saturated rings. The van der Waals surface area contributed by atoms with Crippen LogP contribution in [0.2, 0.25) is 0 Å². The van der Waals surface area contributed by atoms with Gasteiger partial charge in [0.1, 0.15) is 0 Å². The van der Waals surface area contributed by atoms with E-state index in [1.54, 1.807) is 15.8 Å². The molecule has 1 aromatic heterocycles. The van der Waals surface area contributed by atoms with E-state index in [1.165, 1.54) is 0 Å². The molecule has 1 aliphatic heterocycles. The minimum absolute atomic E-state index is 0.00845. The molecule has 0 unspecified atom stereocenters. The number of nitrogen functional groups attached to an aromatic ring is 1. The molecule has 0 aliphatic carbocycles. The van der Waals surface area contributed by atoms with Crippen molar-refractivity contribution < 1.29 is 4.79 Å². The van der Waals surface area contributed by atoms with Crippen molar-refractivity contribution >= 4 is 17.3 Å². The Bertz CT molecular complexity index is 659. The molecular weight excluding hydrogens is 240 g/mol. The standard InChI is InChI=1S/C14H16N4O/c1-9-12(8-16-17(9)2)14(19)18-6-5-10-7-11(15)3-4-13(10)18/h3-4,7-8H,5-6,15H2,1-2H3. The Morgan fingerprint density at radius 3 is 2.89 bits per heavy atom. The Kier molecular flexibility index (Phi) is 2.55. The summed E-state index contributed by atoms with van der Waals surface area (Å²) in [7, 11) is 1.84. The molecule has 0 spiro atoms. The minimum atomic E-state index is 0.00845. The highest BCUT2D eigenvalue weighted by Gasteiger charge is 2.27. The number of anilines is 2. The summed E-state index contributed by atoms with van der Waals surface area (Å²) in [6.45, 7) is 2.60. The summed E-state index contributed by atoms with van der Waals surface area (Å²) < 4.78 is 1.72. The van der Waals surface area contributed by atoms with Crippen LogP contribution in [0.3, 0.4) is 0 Å². The van der Waals surface area contributed by atoms with Gasteiger partial charge in [-0.05, 0) is 37.1 Å². The predicted octanol–water partition coefficient (Wildman–Crippen LogP) is 1.51. The van der Waals surface area contributed by atoms with E-state index in [0.29, 0.717) is 12.1 Å². The fourth-order valence-corrected chi connectivity index (χ4v) is 2.49. The topological polar surface area (TPSA) is 64.2 Å². The van der Waals surface area contributed by atoms with E-state index in [0.717, 1.165) is 29.1 Å². The molecule has 98 valence electrons. The zero-order valence-corrected chi connectivity index (χ0v) is 11.1. The molecule has 2 heterocycles.